The monoisotopic (exact) mass is 332 g/mol. The van der Waals surface area contributed by atoms with Gasteiger partial charge in [0.05, 0.1) is 6.54 Å². The van der Waals surface area contributed by atoms with E-state index in [4.69, 9.17) is 0 Å². The lowest BCUT2D eigenvalue weighted by Crippen LogP contribution is -2.21. The summed E-state index contributed by atoms with van der Waals surface area (Å²) >= 11 is 3.38. The summed E-state index contributed by atoms with van der Waals surface area (Å²) in [6, 6.07) is 13.6. The molecule has 0 spiro atoms. The highest BCUT2D eigenvalue weighted by Crippen LogP contribution is 2.16. The Morgan fingerprint density at radius 1 is 1.05 bits per heavy atom. The molecule has 0 aliphatic rings. The van der Waals surface area contributed by atoms with Crippen LogP contribution in [0.25, 0.3) is 0 Å². The average Bonchev–Trinajstić information content (AvgIpc) is 2.40. The summed E-state index contributed by atoms with van der Waals surface area (Å²) in [4.78, 5) is 11.9. The molecule has 0 unspecified atom stereocenters. The summed E-state index contributed by atoms with van der Waals surface area (Å²) in [7, 11) is 0. The van der Waals surface area contributed by atoms with Crippen molar-refractivity contribution in [3.8, 4) is 0 Å². The molecule has 2 aromatic carbocycles. The SMILES string of the molecule is Cc1ccc(NCC(=O)Nc2cccc(Br)c2)cc1C. The van der Waals surface area contributed by atoms with E-state index in [9.17, 15) is 4.79 Å². The van der Waals surface area contributed by atoms with Gasteiger partial charge >= 0.3 is 0 Å². The molecule has 2 rings (SSSR count). The largest absolute Gasteiger partial charge is 0.376 e. The van der Waals surface area contributed by atoms with Crippen LogP contribution < -0.4 is 10.6 Å². The van der Waals surface area contributed by atoms with E-state index in [1.165, 1.54) is 11.1 Å². The second-order valence-corrected chi connectivity index (χ2v) is 5.63. The van der Waals surface area contributed by atoms with Crippen LogP contribution >= 0.6 is 15.9 Å². The van der Waals surface area contributed by atoms with Crippen LogP contribution in [-0.2, 0) is 4.79 Å². The number of carbonyl (C=O) groups is 1. The first-order valence-electron chi connectivity index (χ1n) is 6.41. The molecule has 0 atom stereocenters. The minimum atomic E-state index is -0.0682. The van der Waals surface area contributed by atoms with E-state index >= 15 is 0 Å². The zero-order valence-corrected chi connectivity index (χ0v) is 13.1. The van der Waals surface area contributed by atoms with Crippen LogP contribution in [0.1, 0.15) is 11.1 Å². The molecule has 4 heteroatoms. The van der Waals surface area contributed by atoms with Gasteiger partial charge in [-0.3, -0.25) is 4.79 Å². The van der Waals surface area contributed by atoms with E-state index in [1.54, 1.807) is 0 Å². The highest BCUT2D eigenvalue weighted by molar-refractivity contribution is 9.10. The fourth-order valence-corrected chi connectivity index (χ4v) is 2.20. The van der Waals surface area contributed by atoms with Crippen molar-refractivity contribution in [1.29, 1.82) is 0 Å². The van der Waals surface area contributed by atoms with Gasteiger partial charge in [-0.05, 0) is 55.3 Å². The summed E-state index contributed by atoms with van der Waals surface area (Å²) in [5, 5.41) is 5.97. The first kappa shape index (κ1) is 14.6. The predicted molar refractivity (Wildman–Crippen MR) is 87.2 cm³/mol. The molecular formula is C16H17BrN2O. The minimum Gasteiger partial charge on any atom is -0.376 e. The molecule has 3 nitrogen and oxygen atoms in total. The summed E-state index contributed by atoms with van der Waals surface area (Å²) < 4.78 is 0.942. The van der Waals surface area contributed by atoms with Crippen LogP contribution in [0.3, 0.4) is 0 Å². The molecule has 0 bridgehead atoms. The molecule has 2 aromatic rings. The summed E-state index contributed by atoms with van der Waals surface area (Å²) in [5.41, 5.74) is 4.19. The zero-order valence-electron chi connectivity index (χ0n) is 11.5. The number of hydrogen-bond donors (Lipinski definition) is 2. The normalized spacial score (nSPS) is 10.2. The predicted octanol–water partition coefficient (Wildman–Crippen LogP) is 4.12. The van der Waals surface area contributed by atoms with Gasteiger partial charge < -0.3 is 10.6 Å². The molecule has 2 N–H and O–H groups in total. The first-order chi connectivity index (χ1) is 9.54. The Labute approximate surface area is 127 Å². The van der Waals surface area contributed by atoms with E-state index in [2.05, 4.69) is 40.4 Å². The van der Waals surface area contributed by atoms with E-state index in [0.29, 0.717) is 0 Å². The second-order valence-electron chi connectivity index (χ2n) is 4.71. The number of rotatable bonds is 4. The molecular weight excluding hydrogens is 316 g/mol. The third-order valence-corrected chi connectivity index (χ3v) is 3.56. The number of benzene rings is 2. The van der Waals surface area contributed by atoms with Crippen LogP contribution in [-0.4, -0.2) is 12.5 Å². The molecule has 0 aromatic heterocycles. The molecule has 0 heterocycles. The van der Waals surface area contributed by atoms with Gasteiger partial charge in [0.1, 0.15) is 0 Å². The summed E-state index contributed by atoms with van der Waals surface area (Å²) in [5.74, 6) is -0.0682. The minimum absolute atomic E-state index is 0.0682. The summed E-state index contributed by atoms with van der Waals surface area (Å²) in [6.07, 6.45) is 0. The Kier molecular flexibility index (Phi) is 4.79. The molecule has 20 heavy (non-hydrogen) atoms. The Morgan fingerprint density at radius 3 is 2.55 bits per heavy atom. The maximum Gasteiger partial charge on any atom is 0.243 e. The van der Waals surface area contributed by atoms with E-state index in [1.807, 2.05) is 42.5 Å². The Morgan fingerprint density at radius 2 is 1.85 bits per heavy atom. The van der Waals surface area contributed by atoms with Crippen molar-refractivity contribution in [2.24, 2.45) is 0 Å². The average molecular weight is 333 g/mol. The van der Waals surface area contributed by atoms with Crippen molar-refractivity contribution < 1.29 is 4.79 Å². The van der Waals surface area contributed by atoms with Crippen LogP contribution in [0, 0.1) is 13.8 Å². The number of hydrogen-bond acceptors (Lipinski definition) is 2. The molecule has 0 aliphatic heterocycles. The second kappa shape index (κ2) is 6.57. The van der Waals surface area contributed by atoms with Crippen molar-refractivity contribution in [2.75, 3.05) is 17.2 Å². The van der Waals surface area contributed by atoms with Crippen molar-refractivity contribution in [3.63, 3.8) is 0 Å². The van der Waals surface area contributed by atoms with Crippen LogP contribution in [0.4, 0.5) is 11.4 Å². The molecule has 0 aliphatic carbocycles. The van der Waals surface area contributed by atoms with Gasteiger partial charge in [-0.2, -0.15) is 0 Å². The molecule has 104 valence electrons. The van der Waals surface area contributed by atoms with Crippen molar-refractivity contribution >= 4 is 33.2 Å². The fraction of sp³-hybridized carbons (Fsp3) is 0.188. The Bertz CT molecular complexity index is 626. The van der Waals surface area contributed by atoms with E-state index < -0.39 is 0 Å². The highest BCUT2D eigenvalue weighted by Gasteiger charge is 2.03. The number of aryl methyl sites for hydroxylation is 2. The maximum atomic E-state index is 11.9. The van der Waals surface area contributed by atoms with Gasteiger partial charge in [-0.1, -0.05) is 28.1 Å². The summed E-state index contributed by atoms with van der Waals surface area (Å²) in [6.45, 7) is 4.37. The van der Waals surface area contributed by atoms with E-state index in [0.717, 1.165) is 15.8 Å². The van der Waals surface area contributed by atoms with Crippen LogP contribution in [0.5, 0.6) is 0 Å². The third-order valence-electron chi connectivity index (χ3n) is 3.07. The number of nitrogens with one attached hydrogen (secondary N) is 2. The molecule has 1 amide bonds. The standard InChI is InChI=1S/C16H17BrN2O/c1-11-6-7-14(8-12(11)2)18-10-16(20)19-15-5-3-4-13(17)9-15/h3-9,18H,10H2,1-2H3,(H,19,20). The number of carbonyl (C=O) groups excluding carboxylic acids is 1. The van der Waals surface area contributed by atoms with Crippen LogP contribution in [0.2, 0.25) is 0 Å². The molecule has 0 fully saturated rings. The number of anilines is 2. The van der Waals surface area contributed by atoms with Gasteiger partial charge in [-0.25, -0.2) is 0 Å². The van der Waals surface area contributed by atoms with Gasteiger partial charge in [0.2, 0.25) is 5.91 Å². The molecule has 0 saturated carbocycles. The third kappa shape index (κ3) is 4.10. The van der Waals surface area contributed by atoms with Crippen molar-refractivity contribution in [2.45, 2.75) is 13.8 Å². The Hall–Kier alpha value is -1.81. The van der Waals surface area contributed by atoms with Gasteiger partial charge in [0, 0.05) is 15.8 Å². The van der Waals surface area contributed by atoms with Gasteiger partial charge in [0.25, 0.3) is 0 Å². The van der Waals surface area contributed by atoms with Crippen molar-refractivity contribution in [1.82, 2.24) is 0 Å². The fourth-order valence-electron chi connectivity index (χ4n) is 1.81. The van der Waals surface area contributed by atoms with Gasteiger partial charge in [0.15, 0.2) is 0 Å². The lowest BCUT2D eigenvalue weighted by molar-refractivity contribution is -0.114. The van der Waals surface area contributed by atoms with Gasteiger partial charge in [-0.15, -0.1) is 0 Å². The molecule has 0 radical (unpaired) electrons. The molecule has 0 saturated heterocycles. The Balaban J connectivity index is 1.90. The lowest BCUT2D eigenvalue weighted by atomic mass is 10.1. The quantitative estimate of drug-likeness (QED) is 0.884. The smallest absolute Gasteiger partial charge is 0.243 e. The van der Waals surface area contributed by atoms with Crippen LogP contribution in [0.15, 0.2) is 46.9 Å². The number of amides is 1. The highest BCUT2D eigenvalue weighted by atomic mass is 79.9. The number of halogens is 1. The topological polar surface area (TPSA) is 41.1 Å². The zero-order chi connectivity index (χ0) is 14.5. The lowest BCUT2D eigenvalue weighted by Gasteiger charge is -2.09. The first-order valence-corrected chi connectivity index (χ1v) is 7.20. The van der Waals surface area contributed by atoms with E-state index in [-0.39, 0.29) is 12.5 Å². The van der Waals surface area contributed by atoms with Crippen molar-refractivity contribution in [3.05, 3.63) is 58.1 Å². The maximum absolute atomic E-state index is 11.9.